The van der Waals surface area contributed by atoms with Gasteiger partial charge < -0.3 is 15.5 Å². The van der Waals surface area contributed by atoms with Gasteiger partial charge in [-0.15, -0.1) is 23.7 Å². The van der Waals surface area contributed by atoms with E-state index in [1.807, 2.05) is 17.5 Å². The fraction of sp³-hybridized carbons (Fsp3) is 0.400. The van der Waals surface area contributed by atoms with Crippen LogP contribution in [-0.2, 0) is 24.4 Å². The van der Waals surface area contributed by atoms with Gasteiger partial charge in [-0.1, -0.05) is 24.3 Å². The van der Waals surface area contributed by atoms with Gasteiger partial charge in [0.15, 0.2) is 0 Å². The van der Waals surface area contributed by atoms with Gasteiger partial charge in [-0.05, 0) is 47.4 Å². The zero-order valence-corrected chi connectivity index (χ0v) is 16.7. The molecule has 0 aliphatic carbocycles. The second-order valence-corrected chi connectivity index (χ2v) is 7.86. The van der Waals surface area contributed by atoms with E-state index in [0.29, 0.717) is 18.0 Å². The number of piperidine rings is 1. The molecule has 27 heavy (non-hydrogen) atoms. The summed E-state index contributed by atoms with van der Waals surface area (Å²) >= 11 is 1.43. The van der Waals surface area contributed by atoms with Crippen LogP contribution in [0.1, 0.15) is 45.6 Å². The van der Waals surface area contributed by atoms with Gasteiger partial charge in [-0.25, -0.2) is 0 Å². The van der Waals surface area contributed by atoms with E-state index in [1.54, 1.807) is 4.90 Å². The fourth-order valence-electron chi connectivity index (χ4n) is 3.75. The molecule has 1 atom stereocenters. The molecule has 2 aliphatic heterocycles. The summed E-state index contributed by atoms with van der Waals surface area (Å²) in [6.45, 7) is 2.97. The average molecular weight is 406 g/mol. The number of hydrogen-bond donors (Lipinski definition) is 2. The van der Waals surface area contributed by atoms with Crippen LogP contribution in [-0.4, -0.2) is 29.3 Å². The smallest absolute Gasteiger partial charge is 0.264 e. The average Bonchev–Trinajstić information content (AvgIpc) is 3.36. The Morgan fingerprint density at radius 3 is 2.85 bits per heavy atom. The van der Waals surface area contributed by atoms with Crippen molar-refractivity contribution in [2.24, 2.45) is 0 Å². The highest BCUT2D eigenvalue weighted by Crippen LogP contribution is 2.22. The van der Waals surface area contributed by atoms with E-state index in [2.05, 4.69) is 28.8 Å². The highest BCUT2D eigenvalue weighted by molar-refractivity contribution is 7.12. The summed E-state index contributed by atoms with van der Waals surface area (Å²) in [5.41, 5.74) is 3.75. The molecule has 1 saturated heterocycles. The van der Waals surface area contributed by atoms with Gasteiger partial charge in [-0.3, -0.25) is 9.59 Å². The summed E-state index contributed by atoms with van der Waals surface area (Å²) in [5.74, 6) is -0.0725. The number of rotatable bonds is 4. The summed E-state index contributed by atoms with van der Waals surface area (Å²) < 4.78 is 0. The van der Waals surface area contributed by atoms with Crippen molar-refractivity contribution in [3.05, 3.63) is 57.3 Å². The number of fused-ring (bicyclic) bond motifs is 1. The molecule has 1 aromatic heterocycles. The number of hydrogen-bond acceptors (Lipinski definition) is 4. The van der Waals surface area contributed by atoms with E-state index in [-0.39, 0.29) is 30.3 Å². The lowest BCUT2D eigenvalue weighted by Gasteiger charge is -2.34. The predicted molar refractivity (Wildman–Crippen MR) is 109 cm³/mol. The Hall–Kier alpha value is -1.89. The van der Waals surface area contributed by atoms with Gasteiger partial charge >= 0.3 is 0 Å². The molecule has 1 aromatic carbocycles. The maximum absolute atomic E-state index is 12.8. The molecule has 3 heterocycles. The second-order valence-electron chi connectivity index (χ2n) is 6.91. The van der Waals surface area contributed by atoms with E-state index >= 15 is 0 Å². The lowest BCUT2D eigenvalue weighted by atomic mass is 10.0. The van der Waals surface area contributed by atoms with E-state index < -0.39 is 0 Å². The monoisotopic (exact) mass is 405 g/mol. The minimum Gasteiger partial charge on any atom is -0.350 e. The van der Waals surface area contributed by atoms with Gasteiger partial charge in [0, 0.05) is 26.2 Å². The minimum atomic E-state index is -0.366. The molecule has 1 fully saturated rings. The molecule has 5 nitrogen and oxygen atoms in total. The molecule has 0 spiro atoms. The van der Waals surface area contributed by atoms with Crippen molar-refractivity contribution in [1.29, 1.82) is 0 Å². The van der Waals surface area contributed by atoms with Crippen LogP contribution < -0.4 is 10.6 Å². The van der Waals surface area contributed by atoms with Crippen molar-refractivity contribution in [2.45, 2.75) is 44.9 Å². The SMILES string of the molecule is Cl.O=C(NCc1ccc2c(c1)CNC2)C1CCCCN1C(=O)c1cccs1. The molecule has 0 bridgehead atoms. The van der Waals surface area contributed by atoms with Crippen molar-refractivity contribution in [3.8, 4) is 0 Å². The van der Waals surface area contributed by atoms with Gasteiger partial charge in [0.05, 0.1) is 4.88 Å². The second kappa shape index (κ2) is 8.87. The third-order valence-electron chi connectivity index (χ3n) is 5.17. The Kier molecular flexibility index (Phi) is 6.52. The number of nitrogens with zero attached hydrogens (tertiary/aromatic N) is 1. The first-order chi connectivity index (χ1) is 12.7. The summed E-state index contributed by atoms with van der Waals surface area (Å²) in [5, 5.41) is 8.27. The molecule has 144 valence electrons. The van der Waals surface area contributed by atoms with Gasteiger partial charge in [0.2, 0.25) is 5.91 Å². The maximum Gasteiger partial charge on any atom is 0.264 e. The van der Waals surface area contributed by atoms with Gasteiger partial charge in [-0.2, -0.15) is 0 Å². The first kappa shape index (κ1) is 19.9. The molecular weight excluding hydrogens is 382 g/mol. The van der Waals surface area contributed by atoms with Crippen molar-refractivity contribution in [2.75, 3.05) is 6.54 Å². The Morgan fingerprint density at radius 1 is 1.19 bits per heavy atom. The zero-order chi connectivity index (χ0) is 17.9. The number of benzene rings is 1. The Bertz CT molecular complexity index is 810. The highest BCUT2D eigenvalue weighted by Gasteiger charge is 2.32. The number of halogens is 1. The third kappa shape index (κ3) is 4.34. The van der Waals surface area contributed by atoms with Gasteiger partial charge in [0.1, 0.15) is 6.04 Å². The first-order valence-corrected chi connectivity index (χ1v) is 10.0. The third-order valence-corrected chi connectivity index (χ3v) is 6.02. The van der Waals surface area contributed by atoms with E-state index in [1.165, 1.54) is 22.5 Å². The standard InChI is InChI=1S/C20H23N3O2S.ClH/c24-19(22-11-14-6-7-15-12-21-13-16(15)10-14)17-4-1-2-8-23(17)20(25)18-5-3-9-26-18;/h3,5-7,9-10,17,21H,1-2,4,8,11-13H2,(H,22,24);1H. The van der Waals surface area contributed by atoms with Crippen LogP contribution in [0.15, 0.2) is 35.7 Å². The summed E-state index contributed by atoms with van der Waals surface area (Å²) in [7, 11) is 0. The molecule has 0 saturated carbocycles. The van der Waals surface area contributed by atoms with E-state index in [0.717, 1.165) is 37.9 Å². The highest BCUT2D eigenvalue weighted by atomic mass is 35.5. The molecular formula is C20H24ClN3O2S. The summed E-state index contributed by atoms with van der Waals surface area (Å²) in [6, 6.07) is 9.69. The Labute approximate surface area is 169 Å². The molecule has 7 heteroatoms. The first-order valence-electron chi connectivity index (χ1n) is 9.16. The normalized spacial score (nSPS) is 18.5. The molecule has 2 aliphatic rings. The van der Waals surface area contributed by atoms with Crippen molar-refractivity contribution >= 4 is 35.6 Å². The van der Waals surface area contributed by atoms with Crippen LogP contribution in [0.4, 0.5) is 0 Å². The van der Waals surface area contributed by atoms with Crippen molar-refractivity contribution in [3.63, 3.8) is 0 Å². The van der Waals surface area contributed by atoms with E-state index in [9.17, 15) is 9.59 Å². The number of carbonyl (C=O) groups excluding carboxylic acids is 2. The summed E-state index contributed by atoms with van der Waals surface area (Å²) in [6.07, 6.45) is 2.67. The fourth-order valence-corrected chi connectivity index (χ4v) is 4.43. The number of carbonyl (C=O) groups is 2. The number of thiophene rings is 1. The maximum atomic E-state index is 12.8. The Balaban J connectivity index is 0.00000210. The number of nitrogens with one attached hydrogen (secondary N) is 2. The lowest BCUT2D eigenvalue weighted by Crippen LogP contribution is -2.51. The van der Waals surface area contributed by atoms with E-state index in [4.69, 9.17) is 0 Å². The molecule has 4 rings (SSSR count). The van der Waals surface area contributed by atoms with Crippen LogP contribution in [0.25, 0.3) is 0 Å². The van der Waals surface area contributed by atoms with Crippen molar-refractivity contribution in [1.82, 2.24) is 15.5 Å². The number of amides is 2. The van der Waals surface area contributed by atoms with Crippen LogP contribution >= 0.6 is 23.7 Å². The van der Waals surface area contributed by atoms with Gasteiger partial charge in [0.25, 0.3) is 5.91 Å². The Morgan fingerprint density at radius 2 is 2.04 bits per heavy atom. The zero-order valence-electron chi connectivity index (χ0n) is 15.1. The van der Waals surface area contributed by atoms with Crippen LogP contribution in [0, 0.1) is 0 Å². The minimum absolute atomic E-state index is 0. The quantitative estimate of drug-likeness (QED) is 0.821. The topological polar surface area (TPSA) is 61.4 Å². The molecule has 1 unspecified atom stereocenters. The predicted octanol–water partition coefficient (Wildman–Crippen LogP) is 3.08. The summed E-state index contributed by atoms with van der Waals surface area (Å²) in [4.78, 5) is 28.0. The van der Waals surface area contributed by atoms with Crippen molar-refractivity contribution < 1.29 is 9.59 Å². The number of likely N-dealkylation sites (tertiary alicyclic amines) is 1. The molecule has 0 radical (unpaired) electrons. The van der Waals surface area contributed by atoms with Crippen LogP contribution in [0.5, 0.6) is 0 Å². The van der Waals surface area contributed by atoms with Crippen LogP contribution in [0.3, 0.4) is 0 Å². The molecule has 2 aromatic rings. The van der Waals surface area contributed by atoms with Crippen LogP contribution in [0.2, 0.25) is 0 Å². The lowest BCUT2D eigenvalue weighted by molar-refractivity contribution is -0.126. The molecule has 2 amide bonds. The largest absolute Gasteiger partial charge is 0.350 e. The molecule has 2 N–H and O–H groups in total.